The first kappa shape index (κ1) is 20.6. The summed E-state index contributed by atoms with van der Waals surface area (Å²) in [5, 5.41) is 14.9. The Bertz CT molecular complexity index is 1070. The summed E-state index contributed by atoms with van der Waals surface area (Å²) in [5.74, 6) is 0.320. The summed E-state index contributed by atoms with van der Waals surface area (Å²) in [6.45, 7) is 2.08. The van der Waals surface area contributed by atoms with E-state index >= 15 is 0 Å². The molecule has 1 N–H and O–H groups in total. The van der Waals surface area contributed by atoms with Crippen LogP contribution in [0.2, 0.25) is 0 Å². The van der Waals surface area contributed by atoms with Crippen LogP contribution < -0.4 is 9.64 Å². The van der Waals surface area contributed by atoms with Crippen LogP contribution in [0.1, 0.15) is 38.6 Å². The summed E-state index contributed by atoms with van der Waals surface area (Å²) < 4.78 is 22.3. The van der Waals surface area contributed by atoms with Crippen molar-refractivity contribution in [3.8, 4) is 5.75 Å². The molecule has 9 heteroatoms. The average Bonchev–Trinajstić information content (AvgIpc) is 3.07. The third-order valence-electron chi connectivity index (χ3n) is 5.48. The minimum absolute atomic E-state index is 0.0387. The first-order chi connectivity index (χ1) is 14.5. The minimum Gasteiger partial charge on any atom is -0.487 e. The molecular formula is C21H22BrFN4O3. The molecule has 4 rings (SSSR count). The molecule has 1 fully saturated rings. The van der Waals surface area contributed by atoms with Gasteiger partial charge in [-0.1, -0.05) is 12.1 Å². The standard InChI is InChI=1S/C21H22BrFN4O3/c1-2-26(21(28)29)19-11-17-15(12-24-19)20(22)25-27(17)13-7-9-14(10-8-13)30-18-6-4-3-5-16(18)23/h3-6,11-14H,2,7-10H2,1H3,(H,28,29). The van der Waals surface area contributed by atoms with Gasteiger partial charge in [-0.3, -0.25) is 9.58 Å². The Kier molecular flexibility index (Phi) is 5.90. The highest BCUT2D eigenvalue weighted by atomic mass is 79.9. The quantitative estimate of drug-likeness (QED) is 0.532. The number of anilines is 1. The number of rotatable bonds is 5. The smallest absolute Gasteiger partial charge is 0.412 e. The summed E-state index contributed by atoms with van der Waals surface area (Å²) in [7, 11) is 0. The fraction of sp³-hybridized carbons (Fsp3) is 0.381. The molecule has 2 aromatic heterocycles. The molecule has 0 radical (unpaired) electrons. The van der Waals surface area contributed by atoms with Crippen molar-refractivity contribution in [3.05, 3.63) is 46.9 Å². The largest absolute Gasteiger partial charge is 0.487 e. The normalized spacial score (nSPS) is 19.0. The highest BCUT2D eigenvalue weighted by molar-refractivity contribution is 9.10. The predicted molar refractivity (Wildman–Crippen MR) is 115 cm³/mol. The van der Waals surface area contributed by atoms with E-state index in [9.17, 15) is 14.3 Å². The van der Waals surface area contributed by atoms with E-state index in [0.29, 0.717) is 17.0 Å². The third-order valence-corrected chi connectivity index (χ3v) is 6.06. The maximum absolute atomic E-state index is 13.9. The summed E-state index contributed by atoms with van der Waals surface area (Å²) in [6, 6.07) is 8.38. The number of carboxylic acid groups (broad SMARTS) is 1. The topological polar surface area (TPSA) is 80.5 Å². The molecule has 0 unspecified atom stereocenters. The lowest BCUT2D eigenvalue weighted by molar-refractivity contribution is 0.126. The molecule has 0 saturated heterocycles. The van der Waals surface area contributed by atoms with Crippen molar-refractivity contribution < 1.29 is 19.0 Å². The number of pyridine rings is 1. The highest BCUT2D eigenvalue weighted by Crippen LogP contribution is 2.35. The Labute approximate surface area is 181 Å². The van der Waals surface area contributed by atoms with Crippen molar-refractivity contribution in [3.63, 3.8) is 0 Å². The number of nitrogens with zero attached hydrogens (tertiary/aromatic N) is 4. The Morgan fingerprint density at radius 2 is 2.07 bits per heavy atom. The van der Waals surface area contributed by atoms with E-state index in [1.165, 1.54) is 11.0 Å². The summed E-state index contributed by atoms with van der Waals surface area (Å²) in [6.07, 6.45) is 3.80. The van der Waals surface area contributed by atoms with Crippen molar-refractivity contribution in [2.45, 2.75) is 44.8 Å². The Balaban J connectivity index is 1.54. The van der Waals surface area contributed by atoms with Gasteiger partial charge < -0.3 is 9.84 Å². The van der Waals surface area contributed by atoms with Crippen LogP contribution in [0.15, 0.2) is 41.1 Å². The average molecular weight is 477 g/mol. The molecule has 30 heavy (non-hydrogen) atoms. The van der Waals surface area contributed by atoms with Gasteiger partial charge in [0.1, 0.15) is 10.4 Å². The van der Waals surface area contributed by atoms with E-state index in [4.69, 9.17) is 4.74 Å². The van der Waals surface area contributed by atoms with Gasteiger partial charge in [-0.25, -0.2) is 14.2 Å². The van der Waals surface area contributed by atoms with Crippen molar-refractivity contribution in [2.24, 2.45) is 0 Å². The molecule has 1 aromatic carbocycles. The maximum atomic E-state index is 13.9. The van der Waals surface area contributed by atoms with Gasteiger partial charge in [0.15, 0.2) is 11.6 Å². The monoisotopic (exact) mass is 476 g/mol. The van der Waals surface area contributed by atoms with Crippen LogP contribution in [-0.4, -0.2) is 38.6 Å². The maximum Gasteiger partial charge on any atom is 0.412 e. The molecule has 158 valence electrons. The van der Waals surface area contributed by atoms with Gasteiger partial charge in [-0.2, -0.15) is 5.10 Å². The Hall–Kier alpha value is -2.68. The number of fused-ring (bicyclic) bond motifs is 1. The van der Waals surface area contributed by atoms with Crippen LogP contribution in [0.4, 0.5) is 15.0 Å². The van der Waals surface area contributed by atoms with Crippen LogP contribution in [-0.2, 0) is 0 Å². The minimum atomic E-state index is -1.04. The van der Waals surface area contributed by atoms with Crippen molar-refractivity contribution in [2.75, 3.05) is 11.4 Å². The van der Waals surface area contributed by atoms with E-state index < -0.39 is 6.09 Å². The molecule has 1 aliphatic carbocycles. The van der Waals surface area contributed by atoms with Crippen LogP contribution in [0.3, 0.4) is 0 Å². The number of ether oxygens (including phenoxy) is 1. The second kappa shape index (κ2) is 8.59. The molecule has 1 saturated carbocycles. The van der Waals surface area contributed by atoms with Gasteiger partial charge in [0.25, 0.3) is 0 Å². The zero-order chi connectivity index (χ0) is 21.3. The second-order valence-electron chi connectivity index (χ2n) is 7.30. The SMILES string of the molecule is CCN(C(=O)O)c1cc2c(cn1)c(Br)nn2C1CCC(Oc2ccccc2F)CC1. The molecule has 1 aliphatic rings. The van der Waals surface area contributed by atoms with E-state index in [1.54, 1.807) is 37.4 Å². The molecule has 0 bridgehead atoms. The number of halogens is 2. The molecule has 3 aromatic rings. The molecule has 7 nitrogen and oxygen atoms in total. The van der Waals surface area contributed by atoms with Crippen LogP contribution in [0.25, 0.3) is 10.9 Å². The van der Waals surface area contributed by atoms with E-state index in [2.05, 4.69) is 26.0 Å². The van der Waals surface area contributed by atoms with Gasteiger partial charge in [0.2, 0.25) is 0 Å². The number of benzene rings is 1. The number of para-hydroxylation sites is 1. The number of amides is 1. The fourth-order valence-electron chi connectivity index (χ4n) is 3.93. The lowest BCUT2D eigenvalue weighted by Crippen LogP contribution is -2.29. The van der Waals surface area contributed by atoms with Crippen molar-refractivity contribution in [1.82, 2.24) is 14.8 Å². The third kappa shape index (κ3) is 3.98. The zero-order valence-corrected chi connectivity index (χ0v) is 18.0. The zero-order valence-electron chi connectivity index (χ0n) is 16.5. The van der Waals surface area contributed by atoms with E-state index in [1.807, 2.05) is 4.68 Å². The second-order valence-corrected chi connectivity index (χ2v) is 8.05. The predicted octanol–water partition coefficient (Wildman–Crippen LogP) is 5.40. The van der Waals surface area contributed by atoms with Gasteiger partial charge in [0, 0.05) is 18.8 Å². The highest BCUT2D eigenvalue weighted by Gasteiger charge is 2.27. The summed E-state index contributed by atoms with van der Waals surface area (Å²) >= 11 is 3.49. The number of hydrogen-bond acceptors (Lipinski definition) is 4. The first-order valence-electron chi connectivity index (χ1n) is 9.93. The lowest BCUT2D eigenvalue weighted by atomic mass is 9.93. The van der Waals surface area contributed by atoms with Crippen molar-refractivity contribution >= 4 is 38.7 Å². The number of hydrogen-bond donors (Lipinski definition) is 1. The molecule has 2 heterocycles. The van der Waals surface area contributed by atoms with Gasteiger partial charge >= 0.3 is 6.09 Å². The number of aromatic nitrogens is 3. The molecular weight excluding hydrogens is 455 g/mol. The summed E-state index contributed by atoms with van der Waals surface area (Å²) in [5.41, 5.74) is 0.838. The number of carbonyl (C=O) groups is 1. The molecule has 0 spiro atoms. The Morgan fingerprint density at radius 1 is 1.33 bits per heavy atom. The van der Waals surface area contributed by atoms with Crippen LogP contribution >= 0.6 is 15.9 Å². The van der Waals surface area contributed by atoms with Crippen LogP contribution in [0, 0.1) is 5.82 Å². The van der Waals surface area contributed by atoms with Gasteiger partial charge in [-0.15, -0.1) is 0 Å². The molecule has 0 aliphatic heterocycles. The van der Waals surface area contributed by atoms with Gasteiger partial charge in [0.05, 0.1) is 23.0 Å². The van der Waals surface area contributed by atoms with Gasteiger partial charge in [-0.05, 0) is 60.7 Å². The van der Waals surface area contributed by atoms with Crippen LogP contribution in [0.5, 0.6) is 5.75 Å². The summed E-state index contributed by atoms with van der Waals surface area (Å²) in [4.78, 5) is 17.0. The van der Waals surface area contributed by atoms with E-state index in [-0.39, 0.29) is 23.7 Å². The molecule has 1 amide bonds. The first-order valence-corrected chi connectivity index (χ1v) is 10.7. The Morgan fingerprint density at radius 3 is 2.73 bits per heavy atom. The lowest BCUT2D eigenvalue weighted by Gasteiger charge is -2.29. The van der Waals surface area contributed by atoms with E-state index in [0.717, 1.165) is 36.6 Å². The molecule has 0 atom stereocenters. The van der Waals surface area contributed by atoms with Crippen molar-refractivity contribution in [1.29, 1.82) is 0 Å². The fourth-order valence-corrected chi connectivity index (χ4v) is 4.41.